The number of carbonyl (C=O) groups excluding carboxylic acids is 3. The number of nitrogens with zero attached hydrogens (tertiary/aromatic N) is 1. The molecule has 9 nitrogen and oxygen atoms in total. The number of non-ortho nitro benzene ring substituents is 1. The molecule has 0 aromatic heterocycles. The van der Waals surface area contributed by atoms with Gasteiger partial charge in [0.2, 0.25) is 11.8 Å². The van der Waals surface area contributed by atoms with Crippen molar-refractivity contribution in [1.82, 2.24) is 5.32 Å². The molecule has 0 aliphatic rings. The van der Waals surface area contributed by atoms with Gasteiger partial charge in [-0.2, -0.15) is 13.2 Å². The van der Waals surface area contributed by atoms with Gasteiger partial charge in [-0.3, -0.25) is 24.5 Å². The van der Waals surface area contributed by atoms with E-state index >= 15 is 0 Å². The van der Waals surface area contributed by atoms with Gasteiger partial charge in [-0.1, -0.05) is 30.3 Å². The Morgan fingerprint density at radius 3 is 2.32 bits per heavy atom. The number of amides is 2. The molecule has 182 valence electrons. The number of rotatable bonds is 10. The Morgan fingerprint density at radius 1 is 1.15 bits per heavy atom. The van der Waals surface area contributed by atoms with Crippen molar-refractivity contribution in [1.29, 1.82) is 0 Å². The molecule has 34 heavy (non-hydrogen) atoms. The second-order valence-electron chi connectivity index (χ2n) is 7.29. The average molecular weight is 481 g/mol. The Balaban J connectivity index is 2.30. The predicted octanol–water partition coefficient (Wildman–Crippen LogP) is 2.86. The van der Waals surface area contributed by atoms with Crippen LogP contribution in [0.2, 0.25) is 0 Å². The Labute approximate surface area is 192 Å². The first-order valence-corrected chi connectivity index (χ1v) is 10.1. The van der Waals surface area contributed by atoms with Crippen molar-refractivity contribution in [2.45, 2.75) is 37.9 Å². The van der Waals surface area contributed by atoms with Crippen LogP contribution in [0.1, 0.15) is 36.0 Å². The fourth-order valence-electron chi connectivity index (χ4n) is 3.31. The summed E-state index contributed by atoms with van der Waals surface area (Å²) in [6.07, 6.45) is -5.47. The van der Waals surface area contributed by atoms with Crippen molar-refractivity contribution in [2.24, 2.45) is 5.73 Å². The number of nitrogens with one attached hydrogen (secondary N) is 1. The summed E-state index contributed by atoms with van der Waals surface area (Å²) < 4.78 is 43.7. The molecule has 0 radical (unpaired) electrons. The summed E-state index contributed by atoms with van der Waals surface area (Å²) in [5.41, 5.74) is 4.64. The number of nitrogens with two attached hydrogens (primary N) is 1. The molecule has 0 bridgehead atoms. The third-order valence-electron chi connectivity index (χ3n) is 4.87. The molecule has 2 atom stereocenters. The first kappa shape index (κ1) is 26.3. The second-order valence-corrected chi connectivity index (χ2v) is 7.29. The third kappa shape index (κ3) is 7.29. The van der Waals surface area contributed by atoms with Gasteiger partial charge in [-0.15, -0.1) is 0 Å². The van der Waals surface area contributed by atoms with Crippen LogP contribution < -0.4 is 11.1 Å². The first-order valence-electron chi connectivity index (χ1n) is 10.1. The molecule has 0 fully saturated rings. The number of nitro groups is 1. The van der Waals surface area contributed by atoms with Crippen LogP contribution in [0.4, 0.5) is 18.9 Å². The smallest absolute Gasteiger partial charge is 0.416 e. The van der Waals surface area contributed by atoms with Gasteiger partial charge in [-0.05, 0) is 24.1 Å². The van der Waals surface area contributed by atoms with Crippen LogP contribution >= 0.6 is 0 Å². The average Bonchev–Trinajstić information content (AvgIpc) is 2.76. The summed E-state index contributed by atoms with van der Waals surface area (Å²) in [6, 6.07) is 7.66. The van der Waals surface area contributed by atoms with Gasteiger partial charge in [0.05, 0.1) is 29.9 Å². The van der Waals surface area contributed by atoms with Crippen LogP contribution in [0.15, 0.2) is 48.5 Å². The Bertz CT molecular complexity index is 1060. The molecule has 0 aliphatic heterocycles. The number of primary amides is 1. The Hall–Kier alpha value is -3.96. The molecule has 0 spiro atoms. The number of halogens is 3. The standard InChI is InChI=1S/C22H22F3N3O6/c1-2-34-19(30)12-17(14-6-8-16(9-7-14)28(32)33)20(21(26)31)27-18(29)11-13-4-3-5-15(10-13)22(23,24)25/h3-10,17,20H,2,11-12H2,1H3,(H2,26,31)(H,27,29)/t17-,20-/m1/s1. The van der Waals surface area contributed by atoms with Crippen LogP contribution in [0.25, 0.3) is 0 Å². The third-order valence-corrected chi connectivity index (χ3v) is 4.87. The minimum absolute atomic E-state index is 0.0489. The van der Waals surface area contributed by atoms with Crippen molar-refractivity contribution < 1.29 is 37.2 Å². The van der Waals surface area contributed by atoms with E-state index < -0.39 is 52.8 Å². The minimum Gasteiger partial charge on any atom is -0.466 e. The van der Waals surface area contributed by atoms with E-state index in [-0.39, 0.29) is 24.3 Å². The highest BCUT2D eigenvalue weighted by Gasteiger charge is 2.33. The van der Waals surface area contributed by atoms with E-state index in [4.69, 9.17) is 10.5 Å². The molecule has 0 heterocycles. The summed E-state index contributed by atoms with van der Waals surface area (Å²) in [5.74, 6) is -3.56. The molecule has 0 saturated carbocycles. The topological polar surface area (TPSA) is 142 Å². The summed E-state index contributed by atoms with van der Waals surface area (Å²) in [5, 5.41) is 13.3. The Kier molecular flexibility index (Phi) is 8.70. The largest absolute Gasteiger partial charge is 0.466 e. The second kappa shape index (κ2) is 11.3. The van der Waals surface area contributed by atoms with Gasteiger partial charge in [0, 0.05) is 18.1 Å². The van der Waals surface area contributed by atoms with Crippen LogP contribution in [0.3, 0.4) is 0 Å². The molecule has 2 amide bonds. The van der Waals surface area contributed by atoms with E-state index in [1.165, 1.54) is 18.2 Å². The summed E-state index contributed by atoms with van der Waals surface area (Å²) in [4.78, 5) is 47.2. The quantitative estimate of drug-likeness (QED) is 0.304. The highest BCUT2D eigenvalue weighted by atomic mass is 19.4. The molecule has 12 heteroatoms. The molecule has 2 rings (SSSR count). The zero-order valence-electron chi connectivity index (χ0n) is 18.0. The van der Waals surface area contributed by atoms with Crippen LogP contribution in [-0.4, -0.2) is 35.4 Å². The first-order chi connectivity index (χ1) is 15.9. The maximum Gasteiger partial charge on any atom is 0.416 e. The maximum atomic E-state index is 12.9. The minimum atomic E-state index is -4.59. The highest BCUT2D eigenvalue weighted by Crippen LogP contribution is 2.30. The van der Waals surface area contributed by atoms with E-state index in [0.29, 0.717) is 5.56 Å². The van der Waals surface area contributed by atoms with Gasteiger partial charge in [-0.25, -0.2) is 0 Å². The molecule has 2 aromatic carbocycles. The number of alkyl halides is 3. The molecule has 2 aromatic rings. The van der Waals surface area contributed by atoms with Gasteiger partial charge in [0.1, 0.15) is 6.04 Å². The van der Waals surface area contributed by atoms with E-state index in [1.54, 1.807) is 6.92 Å². The lowest BCUT2D eigenvalue weighted by atomic mass is 9.87. The van der Waals surface area contributed by atoms with E-state index in [9.17, 15) is 37.7 Å². The number of hydrogen-bond donors (Lipinski definition) is 2. The van der Waals surface area contributed by atoms with E-state index in [1.807, 2.05) is 0 Å². The SMILES string of the molecule is CCOC(=O)C[C@H](c1ccc([N+](=O)[O-])cc1)[C@@H](NC(=O)Cc1cccc(C(F)(F)F)c1)C(N)=O. The van der Waals surface area contributed by atoms with E-state index in [0.717, 1.165) is 30.3 Å². The number of esters is 1. The van der Waals surface area contributed by atoms with Gasteiger partial charge >= 0.3 is 12.1 Å². The van der Waals surface area contributed by atoms with Gasteiger partial charge < -0.3 is 15.8 Å². The number of benzene rings is 2. The normalized spacial score (nSPS) is 12.9. The summed E-state index contributed by atoms with van der Waals surface area (Å²) in [6.45, 7) is 1.62. The Morgan fingerprint density at radius 2 is 1.79 bits per heavy atom. The van der Waals surface area contributed by atoms with Crippen molar-refractivity contribution in [2.75, 3.05) is 6.61 Å². The lowest BCUT2D eigenvalue weighted by Crippen LogP contribution is -2.49. The fraction of sp³-hybridized carbons (Fsp3) is 0.318. The van der Waals surface area contributed by atoms with Crippen molar-refractivity contribution in [3.63, 3.8) is 0 Å². The summed E-state index contributed by atoms with van der Waals surface area (Å²) >= 11 is 0. The monoisotopic (exact) mass is 481 g/mol. The molecular weight excluding hydrogens is 459 g/mol. The lowest BCUT2D eigenvalue weighted by Gasteiger charge is -2.25. The van der Waals surface area contributed by atoms with Crippen molar-refractivity contribution in [3.05, 3.63) is 75.3 Å². The lowest BCUT2D eigenvalue weighted by molar-refractivity contribution is -0.384. The van der Waals surface area contributed by atoms with E-state index in [2.05, 4.69) is 5.32 Å². The maximum absolute atomic E-state index is 12.9. The number of ether oxygens (including phenoxy) is 1. The van der Waals surface area contributed by atoms with Gasteiger partial charge in [0.25, 0.3) is 5.69 Å². The zero-order valence-corrected chi connectivity index (χ0v) is 18.0. The molecule has 0 unspecified atom stereocenters. The van der Waals surface area contributed by atoms with Crippen molar-refractivity contribution in [3.8, 4) is 0 Å². The summed E-state index contributed by atoms with van der Waals surface area (Å²) in [7, 11) is 0. The number of carbonyl (C=O) groups is 3. The van der Waals surface area contributed by atoms with Crippen LogP contribution in [-0.2, 0) is 31.7 Å². The van der Waals surface area contributed by atoms with Crippen molar-refractivity contribution >= 4 is 23.5 Å². The number of hydrogen-bond acceptors (Lipinski definition) is 6. The van der Waals surface area contributed by atoms with Gasteiger partial charge in [0.15, 0.2) is 0 Å². The number of nitro benzene ring substituents is 1. The van der Waals surface area contributed by atoms with Crippen LogP contribution in [0.5, 0.6) is 0 Å². The molecule has 0 aliphatic carbocycles. The molecule has 3 N–H and O–H groups in total. The van der Waals surface area contributed by atoms with Crippen LogP contribution in [0, 0.1) is 10.1 Å². The predicted molar refractivity (Wildman–Crippen MR) is 113 cm³/mol. The molecular formula is C22H22F3N3O6. The highest BCUT2D eigenvalue weighted by molar-refractivity contribution is 5.89. The zero-order chi connectivity index (χ0) is 25.5. The fourth-order valence-corrected chi connectivity index (χ4v) is 3.31. The molecule has 0 saturated heterocycles.